The molecule has 126 heavy (non-hydrogen) atoms. The van der Waals surface area contributed by atoms with E-state index in [2.05, 4.69) is 169 Å². The SMILES string of the molecule is NC(=O)CC[C@@H]1N[C@H](CNC(=O)c2ccc3ccccc3c2)CCN(CC(c2ccccc2)c2ccccc2)C1=O.O=C(/C=C/c1ccc(Cl)cc1)NC[C@@H]1CCN(CC(c2ccccc2)c2ccccc2)C(=O)[C@H](CC2CCCCC2)N1.O=C(NC[C@@H]1CCN(CC(c2ccccc2)c2ccccc2)C(=O)[C@H](CC2CCCCC2)N1)c1ccc2ccccc2c1. The molecule has 5 aliphatic rings. The number of rotatable bonds is 29. The maximum Gasteiger partial charge on any atom is 0.251 e. The molecule has 0 unspecified atom stereocenters. The van der Waals surface area contributed by atoms with Gasteiger partial charge in [0.1, 0.15) is 0 Å². The summed E-state index contributed by atoms with van der Waals surface area (Å²) in [5.74, 6) is 0.863. The highest BCUT2D eigenvalue weighted by Gasteiger charge is 2.38. The summed E-state index contributed by atoms with van der Waals surface area (Å²) in [6.45, 7) is 4.99. The summed E-state index contributed by atoms with van der Waals surface area (Å²) >= 11 is 5.97. The van der Waals surface area contributed by atoms with Gasteiger partial charge in [-0.15, -0.1) is 0 Å². The van der Waals surface area contributed by atoms with Crippen molar-refractivity contribution in [3.05, 3.63) is 352 Å². The van der Waals surface area contributed by atoms with Gasteiger partial charge in [0.15, 0.2) is 0 Å². The van der Waals surface area contributed by atoms with E-state index in [4.69, 9.17) is 17.3 Å². The number of benzene rings is 11. The normalized spacial score (nSPS) is 19.1. The summed E-state index contributed by atoms with van der Waals surface area (Å²) < 4.78 is 0. The fraction of sp³-hybridized carbons (Fsp3) is 0.343. The standard InChI is InChI=1S/C38H43N3O2.C36H42ClN3O2.C34H36N4O3/c42-37(33-21-20-29-14-10-11-19-32(29)25-33)39-26-34-22-23-41(38(43)36(40-34)24-28-12-4-1-5-13-28)27-35(30-15-6-2-7-16-30)31-17-8-3-9-18-31;37-31-19-16-27(17-20-31)18-21-35(41)38-25-32-22-23-40(36(42)34(39-32)24-28-10-4-1-5-11-28)26-33(29-12-6-2-7-13-29)30-14-8-3-9-15-30;35-32(39)18-17-31-34(41)38(23-30(25-10-3-1-4-11-25)26-12-5-2-6-13-26)20-19-29(37-31)22-36-33(40)28-16-15-24-9-7-8-14-27(24)21-28/h2-3,6-11,14-21,25,28,34-36,40H,1,4-5,12-13,22-24,26-27H2,(H,39,42);2-3,6-9,12-21,28,32-34,39H,1,4-5,10-11,22-26H2,(H,38,41);1-16,21,29-31,37H,17-20,22-23H2,(H2,35,39)(H,36,40)/b;21-18+;/t34-,36-;32-,34-;29-,31-/m000/s1. The van der Waals surface area contributed by atoms with Gasteiger partial charge in [0.25, 0.3) is 11.8 Å². The smallest absolute Gasteiger partial charge is 0.251 e. The first-order chi connectivity index (χ1) is 61.7. The van der Waals surface area contributed by atoms with Crippen LogP contribution in [0.4, 0.5) is 0 Å². The maximum absolute atomic E-state index is 14.2. The number of primary amides is 1. The molecule has 11 aromatic rings. The molecule has 5 fully saturated rings. The second kappa shape index (κ2) is 46.4. The molecule has 0 aromatic heterocycles. The van der Waals surface area contributed by atoms with Crippen LogP contribution in [0.1, 0.15) is 187 Å². The van der Waals surface area contributed by atoms with Gasteiger partial charge in [-0.05, 0) is 153 Å². The predicted octanol–water partition coefficient (Wildman–Crippen LogP) is 18.0. The van der Waals surface area contributed by atoms with Crippen molar-refractivity contribution < 1.29 is 33.6 Å². The molecule has 0 radical (unpaired) electrons. The lowest BCUT2D eigenvalue weighted by Gasteiger charge is -2.31. The van der Waals surface area contributed by atoms with Crippen LogP contribution in [0.15, 0.2) is 297 Å². The van der Waals surface area contributed by atoms with Crippen molar-refractivity contribution in [2.24, 2.45) is 17.6 Å². The van der Waals surface area contributed by atoms with E-state index < -0.39 is 11.9 Å². The van der Waals surface area contributed by atoms with Crippen LogP contribution < -0.4 is 37.6 Å². The highest BCUT2D eigenvalue weighted by molar-refractivity contribution is 6.30. The van der Waals surface area contributed by atoms with Crippen molar-refractivity contribution >= 4 is 80.6 Å². The second-order valence-electron chi connectivity index (χ2n) is 34.7. The first kappa shape index (κ1) is 90.4. The third-order valence-corrected chi connectivity index (χ3v) is 26.2. The minimum Gasteiger partial charge on any atom is -0.370 e. The molecule has 3 aliphatic heterocycles. The van der Waals surface area contributed by atoms with Crippen molar-refractivity contribution in [2.45, 2.75) is 163 Å². The molecule has 11 aromatic carbocycles. The second-order valence-corrected chi connectivity index (χ2v) is 35.2. The van der Waals surface area contributed by atoms with Crippen LogP contribution in [0.3, 0.4) is 0 Å². The van der Waals surface area contributed by atoms with E-state index in [1.54, 1.807) is 12.2 Å². The molecule has 2 aliphatic carbocycles. The number of fused-ring (bicyclic) bond motifs is 2. The number of amides is 7. The minimum atomic E-state index is -0.570. The Hall–Kier alpha value is -11.9. The molecule has 17 nitrogen and oxygen atoms in total. The Labute approximate surface area is 748 Å². The Morgan fingerprint density at radius 2 is 0.690 bits per heavy atom. The zero-order chi connectivity index (χ0) is 87.2. The molecule has 3 saturated heterocycles. The van der Waals surface area contributed by atoms with E-state index >= 15 is 0 Å². The van der Waals surface area contributed by atoms with Crippen LogP contribution in [-0.4, -0.2) is 151 Å². The Balaban J connectivity index is 0.000000153. The van der Waals surface area contributed by atoms with Crippen molar-refractivity contribution in [3.8, 4) is 0 Å². The van der Waals surface area contributed by atoms with E-state index in [9.17, 15) is 33.6 Å². The fourth-order valence-electron chi connectivity index (χ4n) is 18.9. The van der Waals surface area contributed by atoms with Crippen molar-refractivity contribution in [1.29, 1.82) is 0 Å². The van der Waals surface area contributed by atoms with Gasteiger partial charge in [-0.2, -0.15) is 0 Å². The Kier molecular flexibility index (Phi) is 33.3. The Bertz CT molecular complexity index is 5230. The lowest BCUT2D eigenvalue weighted by Crippen LogP contribution is -2.50. The maximum atomic E-state index is 14.2. The average Bonchev–Trinajstić information content (AvgIpc) is 1.46. The third kappa shape index (κ3) is 26.2. The molecule has 0 bridgehead atoms. The number of nitrogens with zero attached hydrogens (tertiary/aromatic N) is 3. The van der Waals surface area contributed by atoms with E-state index in [0.717, 1.165) is 63.9 Å². The van der Waals surface area contributed by atoms with Crippen LogP contribution in [-0.2, 0) is 24.0 Å². The highest BCUT2D eigenvalue weighted by atomic mass is 35.5. The highest BCUT2D eigenvalue weighted by Crippen LogP contribution is 2.35. The number of hydrogen-bond acceptors (Lipinski definition) is 10. The van der Waals surface area contributed by atoms with E-state index in [1.165, 1.54) is 86.5 Å². The number of nitrogens with one attached hydrogen (secondary N) is 6. The molecule has 2 saturated carbocycles. The van der Waals surface area contributed by atoms with Gasteiger partial charge >= 0.3 is 0 Å². The summed E-state index contributed by atoms with van der Waals surface area (Å²) in [4.78, 5) is 98.7. The molecule has 6 atom stereocenters. The summed E-state index contributed by atoms with van der Waals surface area (Å²) in [6.07, 6.45) is 20.1. The quantitative estimate of drug-likeness (QED) is 0.0219. The van der Waals surface area contributed by atoms with Gasteiger partial charge in [0.05, 0.1) is 18.1 Å². The third-order valence-electron chi connectivity index (χ3n) is 25.9. The Morgan fingerprint density at radius 3 is 1.04 bits per heavy atom. The van der Waals surface area contributed by atoms with Gasteiger partial charge in [0.2, 0.25) is 29.5 Å². The van der Waals surface area contributed by atoms with Crippen LogP contribution in [0.25, 0.3) is 27.6 Å². The number of halogens is 1. The molecular weight excluding hydrogens is 1580 g/mol. The molecule has 8 N–H and O–H groups in total. The number of hydrogen-bond donors (Lipinski definition) is 7. The monoisotopic (exact) mass is 1700 g/mol. The topological polar surface area (TPSA) is 227 Å². The molecule has 3 heterocycles. The van der Waals surface area contributed by atoms with Crippen molar-refractivity contribution in [3.63, 3.8) is 0 Å². The summed E-state index contributed by atoms with van der Waals surface area (Å²) in [5, 5.41) is 25.1. The van der Waals surface area contributed by atoms with Crippen molar-refractivity contribution in [1.82, 2.24) is 46.6 Å². The molecule has 0 spiro atoms. The zero-order valence-corrected chi connectivity index (χ0v) is 73.0. The van der Waals surface area contributed by atoms with E-state index in [1.807, 2.05) is 169 Å². The average molecular weight is 1710 g/mol. The minimum absolute atomic E-state index is 0.00213. The van der Waals surface area contributed by atoms with Gasteiger partial charge in [-0.1, -0.05) is 331 Å². The van der Waals surface area contributed by atoms with Gasteiger partial charge in [-0.3, -0.25) is 33.6 Å². The lowest BCUT2D eigenvalue weighted by atomic mass is 9.84. The number of carbonyl (C=O) groups is 7. The van der Waals surface area contributed by atoms with Crippen LogP contribution in [0, 0.1) is 11.8 Å². The molecular formula is C108H121ClN10O7. The number of carbonyl (C=O) groups excluding carboxylic acids is 7. The largest absolute Gasteiger partial charge is 0.370 e. The van der Waals surface area contributed by atoms with E-state index in [0.29, 0.717) is 99.7 Å². The summed E-state index contributed by atoms with van der Waals surface area (Å²) in [7, 11) is 0. The van der Waals surface area contributed by atoms with Crippen LogP contribution in [0.5, 0.6) is 0 Å². The molecule has 652 valence electrons. The number of nitrogens with two attached hydrogens (primary N) is 1. The first-order valence-corrected chi connectivity index (χ1v) is 46.0. The summed E-state index contributed by atoms with van der Waals surface area (Å²) in [5.41, 5.74) is 14.8. The molecule has 16 rings (SSSR count). The van der Waals surface area contributed by atoms with Crippen LogP contribution >= 0.6 is 11.6 Å². The zero-order valence-electron chi connectivity index (χ0n) is 72.3. The van der Waals surface area contributed by atoms with Crippen molar-refractivity contribution in [2.75, 3.05) is 58.9 Å². The van der Waals surface area contributed by atoms with Gasteiger partial charge in [0, 0.05) is 123 Å². The van der Waals surface area contributed by atoms with Gasteiger partial charge in [-0.25, -0.2) is 0 Å². The first-order valence-electron chi connectivity index (χ1n) is 45.6. The predicted molar refractivity (Wildman–Crippen MR) is 507 cm³/mol. The molecule has 7 amide bonds. The summed E-state index contributed by atoms with van der Waals surface area (Å²) in [6, 6.07) is 96.3. The lowest BCUT2D eigenvalue weighted by molar-refractivity contribution is -0.134. The van der Waals surface area contributed by atoms with Crippen LogP contribution in [0.2, 0.25) is 5.02 Å². The van der Waals surface area contributed by atoms with E-state index in [-0.39, 0.29) is 89.8 Å². The fourth-order valence-corrected chi connectivity index (χ4v) is 19.0. The molecule has 18 heteroatoms. The Morgan fingerprint density at radius 1 is 0.373 bits per heavy atom. The van der Waals surface area contributed by atoms with Gasteiger partial charge < -0.3 is 52.3 Å².